The SMILES string of the molecule is COC[C@H](CC(C)C)N(Cc1cccc(CCO)c1)C(=O)O. The zero-order chi connectivity index (χ0) is 16.5. The summed E-state index contributed by atoms with van der Waals surface area (Å²) in [6.45, 7) is 4.96. The normalized spacial score (nSPS) is 12.4. The number of benzene rings is 1. The predicted octanol–water partition coefficient (Wildman–Crippen LogP) is 2.76. The molecule has 0 unspecified atom stereocenters. The van der Waals surface area contributed by atoms with Gasteiger partial charge in [0.1, 0.15) is 0 Å². The van der Waals surface area contributed by atoms with Gasteiger partial charge in [0.25, 0.3) is 0 Å². The minimum Gasteiger partial charge on any atom is -0.465 e. The maximum atomic E-state index is 11.6. The van der Waals surface area contributed by atoms with E-state index >= 15 is 0 Å². The van der Waals surface area contributed by atoms with Crippen molar-refractivity contribution in [3.8, 4) is 0 Å². The van der Waals surface area contributed by atoms with Crippen LogP contribution in [0.4, 0.5) is 4.79 Å². The van der Waals surface area contributed by atoms with Crippen molar-refractivity contribution in [2.24, 2.45) is 5.92 Å². The highest BCUT2D eigenvalue weighted by Gasteiger charge is 2.24. The molecule has 0 saturated heterocycles. The monoisotopic (exact) mass is 309 g/mol. The quantitative estimate of drug-likeness (QED) is 0.736. The third-order valence-electron chi connectivity index (χ3n) is 3.53. The van der Waals surface area contributed by atoms with Crippen molar-refractivity contribution in [1.29, 1.82) is 0 Å². The van der Waals surface area contributed by atoms with Crippen molar-refractivity contribution in [2.75, 3.05) is 20.3 Å². The molecule has 0 bridgehead atoms. The van der Waals surface area contributed by atoms with Crippen LogP contribution in [-0.4, -0.2) is 47.6 Å². The molecule has 2 N–H and O–H groups in total. The first-order chi connectivity index (χ1) is 10.5. The van der Waals surface area contributed by atoms with Gasteiger partial charge in [0.05, 0.1) is 12.6 Å². The molecule has 1 aromatic carbocycles. The van der Waals surface area contributed by atoms with Gasteiger partial charge in [-0.2, -0.15) is 0 Å². The first-order valence-corrected chi connectivity index (χ1v) is 7.65. The summed E-state index contributed by atoms with van der Waals surface area (Å²) in [5.74, 6) is 0.391. The smallest absolute Gasteiger partial charge is 0.407 e. The van der Waals surface area contributed by atoms with Gasteiger partial charge >= 0.3 is 6.09 Å². The van der Waals surface area contributed by atoms with E-state index in [-0.39, 0.29) is 12.6 Å². The van der Waals surface area contributed by atoms with Gasteiger partial charge in [-0.05, 0) is 29.9 Å². The Morgan fingerprint density at radius 1 is 1.32 bits per heavy atom. The number of aliphatic hydroxyl groups excluding tert-OH is 1. The molecule has 1 aromatic rings. The topological polar surface area (TPSA) is 70.0 Å². The van der Waals surface area contributed by atoms with E-state index in [0.717, 1.165) is 17.5 Å². The van der Waals surface area contributed by atoms with E-state index < -0.39 is 6.09 Å². The Morgan fingerprint density at radius 2 is 2.00 bits per heavy atom. The van der Waals surface area contributed by atoms with Crippen molar-refractivity contribution >= 4 is 6.09 Å². The molecule has 0 spiro atoms. The first-order valence-electron chi connectivity index (χ1n) is 7.65. The highest BCUT2D eigenvalue weighted by atomic mass is 16.5. The summed E-state index contributed by atoms with van der Waals surface area (Å²) < 4.78 is 5.20. The summed E-state index contributed by atoms with van der Waals surface area (Å²) >= 11 is 0. The van der Waals surface area contributed by atoms with E-state index in [0.29, 0.717) is 25.5 Å². The largest absolute Gasteiger partial charge is 0.465 e. The Hall–Kier alpha value is -1.59. The standard InChI is InChI=1S/C17H27NO4/c1-13(2)9-16(12-22-3)18(17(20)21)11-15-6-4-5-14(10-15)7-8-19/h4-6,10,13,16,19H,7-9,11-12H2,1-3H3,(H,20,21)/t16-/m0/s1. The predicted molar refractivity (Wildman–Crippen MR) is 85.9 cm³/mol. The summed E-state index contributed by atoms with van der Waals surface area (Å²) in [6, 6.07) is 7.53. The summed E-state index contributed by atoms with van der Waals surface area (Å²) in [6.07, 6.45) is 0.403. The minimum absolute atomic E-state index is 0.0890. The number of aliphatic hydroxyl groups is 1. The van der Waals surface area contributed by atoms with Crippen LogP contribution in [0.5, 0.6) is 0 Å². The van der Waals surface area contributed by atoms with Crippen molar-refractivity contribution in [2.45, 2.75) is 39.3 Å². The molecular formula is C17H27NO4. The number of methoxy groups -OCH3 is 1. The number of ether oxygens (including phenoxy) is 1. The van der Waals surface area contributed by atoms with Crippen LogP contribution >= 0.6 is 0 Å². The molecule has 1 atom stereocenters. The lowest BCUT2D eigenvalue weighted by Gasteiger charge is -2.30. The van der Waals surface area contributed by atoms with Gasteiger partial charge in [0.15, 0.2) is 0 Å². The van der Waals surface area contributed by atoms with Gasteiger partial charge in [-0.15, -0.1) is 0 Å². The van der Waals surface area contributed by atoms with E-state index in [1.54, 1.807) is 7.11 Å². The van der Waals surface area contributed by atoms with Crippen LogP contribution in [0.25, 0.3) is 0 Å². The Bertz CT molecular complexity index is 462. The third kappa shape index (κ3) is 6.03. The van der Waals surface area contributed by atoms with E-state index in [9.17, 15) is 9.90 Å². The average Bonchev–Trinajstić information content (AvgIpc) is 2.44. The lowest BCUT2D eigenvalue weighted by molar-refractivity contribution is 0.0669. The molecule has 0 aliphatic heterocycles. The second-order valence-corrected chi connectivity index (χ2v) is 5.94. The van der Waals surface area contributed by atoms with Crippen LogP contribution in [0, 0.1) is 5.92 Å². The summed E-state index contributed by atoms with van der Waals surface area (Å²) in [5.41, 5.74) is 1.94. The van der Waals surface area contributed by atoms with Crippen molar-refractivity contribution in [3.05, 3.63) is 35.4 Å². The average molecular weight is 309 g/mol. The van der Waals surface area contributed by atoms with Gasteiger partial charge in [-0.25, -0.2) is 4.79 Å². The zero-order valence-corrected chi connectivity index (χ0v) is 13.7. The van der Waals surface area contributed by atoms with Gasteiger partial charge < -0.3 is 14.9 Å². The van der Waals surface area contributed by atoms with Crippen LogP contribution < -0.4 is 0 Å². The van der Waals surface area contributed by atoms with Gasteiger partial charge in [-0.3, -0.25) is 4.90 Å². The Balaban J connectivity index is 2.89. The number of nitrogens with zero attached hydrogens (tertiary/aromatic N) is 1. The first kappa shape index (κ1) is 18.5. The highest BCUT2D eigenvalue weighted by Crippen LogP contribution is 2.17. The van der Waals surface area contributed by atoms with Crippen LogP contribution in [0.3, 0.4) is 0 Å². The molecule has 1 rings (SSSR count). The molecule has 0 heterocycles. The van der Waals surface area contributed by atoms with Crippen LogP contribution in [-0.2, 0) is 17.7 Å². The van der Waals surface area contributed by atoms with Gasteiger partial charge in [0, 0.05) is 20.3 Å². The van der Waals surface area contributed by atoms with Gasteiger partial charge in [0.2, 0.25) is 0 Å². The number of carboxylic acid groups (broad SMARTS) is 1. The molecule has 0 fully saturated rings. The molecule has 0 aliphatic rings. The molecule has 5 heteroatoms. The van der Waals surface area contributed by atoms with Crippen LogP contribution in [0.1, 0.15) is 31.4 Å². The Morgan fingerprint density at radius 3 is 2.55 bits per heavy atom. The summed E-state index contributed by atoms with van der Waals surface area (Å²) in [7, 11) is 1.59. The molecule has 124 valence electrons. The molecule has 1 amide bonds. The second kappa shape index (κ2) is 9.43. The van der Waals surface area contributed by atoms with Crippen molar-refractivity contribution in [1.82, 2.24) is 4.90 Å². The van der Waals surface area contributed by atoms with E-state index in [1.807, 2.05) is 24.3 Å². The van der Waals surface area contributed by atoms with Crippen molar-refractivity contribution in [3.63, 3.8) is 0 Å². The lowest BCUT2D eigenvalue weighted by atomic mass is 10.0. The molecular weight excluding hydrogens is 282 g/mol. The summed E-state index contributed by atoms with van der Waals surface area (Å²) in [5, 5.41) is 18.6. The lowest BCUT2D eigenvalue weighted by Crippen LogP contribution is -2.42. The molecule has 0 aliphatic carbocycles. The molecule has 0 saturated carbocycles. The Labute approximate surface area is 132 Å². The van der Waals surface area contributed by atoms with Crippen LogP contribution in [0.2, 0.25) is 0 Å². The van der Waals surface area contributed by atoms with E-state index in [2.05, 4.69) is 13.8 Å². The molecule has 5 nitrogen and oxygen atoms in total. The number of carbonyl (C=O) groups is 1. The van der Waals surface area contributed by atoms with Crippen LogP contribution in [0.15, 0.2) is 24.3 Å². The third-order valence-corrected chi connectivity index (χ3v) is 3.53. The fourth-order valence-electron chi connectivity index (χ4n) is 2.58. The maximum Gasteiger partial charge on any atom is 0.407 e. The number of hydrogen-bond donors (Lipinski definition) is 2. The number of rotatable bonds is 9. The summed E-state index contributed by atoms with van der Waals surface area (Å²) in [4.78, 5) is 13.1. The fourth-order valence-corrected chi connectivity index (χ4v) is 2.58. The number of hydrogen-bond acceptors (Lipinski definition) is 3. The zero-order valence-electron chi connectivity index (χ0n) is 13.7. The molecule has 22 heavy (non-hydrogen) atoms. The van der Waals surface area contributed by atoms with E-state index in [1.165, 1.54) is 4.90 Å². The van der Waals surface area contributed by atoms with E-state index in [4.69, 9.17) is 9.84 Å². The molecule has 0 radical (unpaired) electrons. The highest BCUT2D eigenvalue weighted by molar-refractivity contribution is 5.65. The van der Waals surface area contributed by atoms with Gasteiger partial charge in [-0.1, -0.05) is 38.1 Å². The van der Waals surface area contributed by atoms with Crippen molar-refractivity contribution < 1.29 is 19.7 Å². The Kier molecular flexibility index (Phi) is 7.91. The minimum atomic E-state index is -0.935. The maximum absolute atomic E-state index is 11.6. The number of amides is 1. The molecule has 0 aromatic heterocycles. The second-order valence-electron chi connectivity index (χ2n) is 5.94. The fraction of sp³-hybridized carbons (Fsp3) is 0.588.